The average molecular weight is 482 g/mol. The number of carbonyl (C=O) groups excluding carboxylic acids is 4. The lowest BCUT2D eigenvalue weighted by Gasteiger charge is -2.25. The van der Waals surface area contributed by atoms with E-state index in [4.69, 9.17) is 15.2 Å². The first-order valence-corrected chi connectivity index (χ1v) is 11.5. The fraction of sp³-hybridized carbons (Fsp3) is 0.565. The van der Waals surface area contributed by atoms with Gasteiger partial charge in [0.25, 0.3) is 0 Å². The van der Waals surface area contributed by atoms with Gasteiger partial charge in [-0.3, -0.25) is 14.4 Å². The fourth-order valence-electron chi connectivity index (χ4n) is 2.91. The third kappa shape index (κ3) is 9.83. The van der Waals surface area contributed by atoms with E-state index in [-0.39, 0.29) is 30.0 Å². The van der Waals surface area contributed by atoms with Crippen LogP contribution in [0.3, 0.4) is 0 Å². The first-order valence-electron chi connectivity index (χ1n) is 10.8. The number of esters is 2. The van der Waals surface area contributed by atoms with E-state index in [1.807, 2.05) is 13.8 Å². The molecule has 0 unspecified atom stereocenters. The highest BCUT2D eigenvalue weighted by Gasteiger charge is 2.30. The molecule has 33 heavy (non-hydrogen) atoms. The normalized spacial score (nSPS) is 13.7. The van der Waals surface area contributed by atoms with Crippen molar-refractivity contribution in [3.63, 3.8) is 0 Å². The molecule has 2 amide bonds. The van der Waals surface area contributed by atoms with E-state index in [0.29, 0.717) is 12.2 Å². The van der Waals surface area contributed by atoms with E-state index < -0.39 is 35.9 Å². The molecule has 184 valence electrons. The van der Waals surface area contributed by atoms with Crippen molar-refractivity contribution >= 4 is 36.4 Å². The van der Waals surface area contributed by atoms with Crippen LogP contribution < -0.4 is 21.1 Å². The minimum atomic E-state index is -0.978. The molecule has 0 saturated carbocycles. The van der Waals surface area contributed by atoms with Crippen LogP contribution >= 0.6 is 12.6 Å². The van der Waals surface area contributed by atoms with Crippen LogP contribution in [0.15, 0.2) is 24.3 Å². The minimum absolute atomic E-state index is 0.131. The Labute approximate surface area is 200 Å². The Hall–Kier alpha value is -2.59. The van der Waals surface area contributed by atoms with Crippen molar-refractivity contribution in [1.29, 1.82) is 0 Å². The number of benzene rings is 1. The van der Waals surface area contributed by atoms with Crippen molar-refractivity contribution in [2.45, 2.75) is 58.7 Å². The lowest BCUT2D eigenvalue weighted by Crippen LogP contribution is -2.57. The third-order valence-electron chi connectivity index (χ3n) is 4.75. The second-order valence-corrected chi connectivity index (χ2v) is 8.89. The van der Waals surface area contributed by atoms with Crippen molar-refractivity contribution in [3.8, 4) is 5.75 Å². The summed E-state index contributed by atoms with van der Waals surface area (Å²) >= 11 is 4.00. The standard InChI is InChI=1S/C23H35N3O6S/c1-13(2)10-19(27)32-16-8-6-15(7-9-16)11-18(23(30)31-5)25-22(29)20(14(3)4)26-21(28)17(24)12-33/h6-9,13-14,17-18,20,33H,10-12,24H2,1-5H3,(H,25,29)(H,26,28)/t17-,18-,20-/m0/s1. The Morgan fingerprint density at radius 3 is 2.09 bits per heavy atom. The molecular weight excluding hydrogens is 446 g/mol. The van der Waals surface area contributed by atoms with E-state index in [0.717, 1.165) is 5.56 Å². The first-order chi connectivity index (χ1) is 15.5. The van der Waals surface area contributed by atoms with Crippen molar-refractivity contribution in [3.05, 3.63) is 29.8 Å². The predicted molar refractivity (Wildman–Crippen MR) is 128 cm³/mol. The van der Waals surface area contributed by atoms with Gasteiger partial charge in [0, 0.05) is 18.6 Å². The summed E-state index contributed by atoms with van der Waals surface area (Å²) in [6.07, 6.45) is 0.457. The van der Waals surface area contributed by atoms with E-state index in [1.165, 1.54) is 7.11 Å². The number of rotatable bonds is 12. The van der Waals surface area contributed by atoms with Gasteiger partial charge >= 0.3 is 11.9 Å². The van der Waals surface area contributed by atoms with E-state index in [2.05, 4.69) is 23.3 Å². The zero-order chi connectivity index (χ0) is 25.1. The van der Waals surface area contributed by atoms with Crippen LogP contribution in [0.1, 0.15) is 39.7 Å². The Morgan fingerprint density at radius 2 is 1.61 bits per heavy atom. The molecule has 1 rings (SSSR count). The summed E-state index contributed by atoms with van der Waals surface area (Å²) in [4.78, 5) is 49.1. The molecule has 0 saturated heterocycles. The highest BCUT2D eigenvalue weighted by molar-refractivity contribution is 7.80. The Bertz CT molecular complexity index is 813. The van der Waals surface area contributed by atoms with Gasteiger partial charge in [-0.25, -0.2) is 4.79 Å². The molecule has 0 spiro atoms. The number of nitrogens with two attached hydrogens (primary N) is 1. The number of carbonyl (C=O) groups is 4. The minimum Gasteiger partial charge on any atom is -0.467 e. The van der Waals surface area contributed by atoms with Crippen molar-refractivity contribution in [2.75, 3.05) is 12.9 Å². The second kappa shape index (κ2) is 13.8. The molecule has 1 aromatic rings. The highest BCUT2D eigenvalue weighted by Crippen LogP contribution is 2.16. The Kier molecular flexibility index (Phi) is 11.9. The molecule has 1 aromatic carbocycles. The van der Waals surface area contributed by atoms with E-state index in [9.17, 15) is 19.2 Å². The highest BCUT2D eigenvalue weighted by atomic mass is 32.1. The molecule has 0 fully saturated rings. The summed E-state index contributed by atoms with van der Waals surface area (Å²) in [5.41, 5.74) is 6.40. The Morgan fingerprint density at radius 1 is 1.00 bits per heavy atom. The SMILES string of the molecule is COC(=O)[C@H](Cc1ccc(OC(=O)CC(C)C)cc1)NC(=O)[C@@H](NC(=O)[C@@H](N)CS)C(C)C. The van der Waals surface area contributed by atoms with Crippen molar-refractivity contribution < 1.29 is 28.7 Å². The summed E-state index contributed by atoms with van der Waals surface area (Å²) in [5.74, 6) is -1.52. The largest absolute Gasteiger partial charge is 0.467 e. The monoisotopic (exact) mass is 481 g/mol. The number of hydrogen-bond donors (Lipinski definition) is 4. The van der Waals surface area contributed by atoms with Crippen LogP contribution in [0.4, 0.5) is 0 Å². The van der Waals surface area contributed by atoms with Gasteiger partial charge in [-0.15, -0.1) is 0 Å². The fourth-order valence-corrected chi connectivity index (χ4v) is 3.08. The van der Waals surface area contributed by atoms with Gasteiger partial charge in [-0.1, -0.05) is 39.8 Å². The molecule has 9 nitrogen and oxygen atoms in total. The quantitative estimate of drug-likeness (QED) is 0.200. The third-order valence-corrected chi connectivity index (χ3v) is 5.15. The number of amides is 2. The maximum atomic E-state index is 12.9. The number of methoxy groups -OCH3 is 1. The molecule has 4 N–H and O–H groups in total. The Balaban J connectivity index is 2.89. The molecule has 10 heteroatoms. The second-order valence-electron chi connectivity index (χ2n) is 8.52. The van der Waals surface area contributed by atoms with Gasteiger partial charge in [-0.05, 0) is 29.5 Å². The van der Waals surface area contributed by atoms with Gasteiger partial charge in [0.15, 0.2) is 0 Å². The zero-order valence-electron chi connectivity index (χ0n) is 19.8. The maximum Gasteiger partial charge on any atom is 0.328 e. The molecule has 0 aliphatic heterocycles. The van der Waals surface area contributed by atoms with E-state index >= 15 is 0 Å². The molecule has 0 aromatic heterocycles. The number of ether oxygens (including phenoxy) is 2. The molecule has 3 atom stereocenters. The van der Waals surface area contributed by atoms with Gasteiger partial charge in [-0.2, -0.15) is 12.6 Å². The predicted octanol–water partition coefficient (Wildman–Crippen LogP) is 1.24. The lowest BCUT2D eigenvalue weighted by atomic mass is 10.0. The van der Waals surface area contributed by atoms with Crippen LogP contribution in [0.25, 0.3) is 0 Å². The summed E-state index contributed by atoms with van der Waals surface area (Å²) in [7, 11) is 1.23. The van der Waals surface area contributed by atoms with Crippen LogP contribution in [0.5, 0.6) is 5.75 Å². The van der Waals surface area contributed by atoms with Crippen LogP contribution in [0.2, 0.25) is 0 Å². The van der Waals surface area contributed by atoms with Gasteiger partial charge in [0.1, 0.15) is 17.8 Å². The number of nitrogens with one attached hydrogen (secondary N) is 2. The van der Waals surface area contributed by atoms with Gasteiger partial charge in [0.05, 0.1) is 13.2 Å². The van der Waals surface area contributed by atoms with Crippen LogP contribution in [0, 0.1) is 11.8 Å². The molecule has 0 aliphatic carbocycles. The van der Waals surface area contributed by atoms with Crippen molar-refractivity contribution in [1.82, 2.24) is 10.6 Å². The van der Waals surface area contributed by atoms with E-state index in [1.54, 1.807) is 38.1 Å². The van der Waals surface area contributed by atoms with Crippen LogP contribution in [-0.2, 0) is 30.3 Å². The topological polar surface area (TPSA) is 137 Å². The lowest BCUT2D eigenvalue weighted by molar-refractivity contribution is -0.145. The number of thiol groups is 1. The smallest absolute Gasteiger partial charge is 0.328 e. The zero-order valence-corrected chi connectivity index (χ0v) is 20.7. The molecule has 0 bridgehead atoms. The molecule has 0 aliphatic rings. The molecule has 0 heterocycles. The molecular formula is C23H35N3O6S. The molecule has 0 radical (unpaired) electrons. The van der Waals surface area contributed by atoms with Gasteiger partial charge < -0.3 is 25.8 Å². The number of hydrogen-bond acceptors (Lipinski definition) is 8. The maximum absolute atomic E-state index is 12.9. The summed E-state index contributed by atoms with van der Waals surface area (Å²) in [6.45, 7) is 7.39. The average Bonchev–Trinajstić information content (AvgIpc) is 2.75. The van der Waals surface area contributed by atoms with Crippen molar-refractivity contribution in [2.24, 2.45) is 17.6 Å². The first kappa shape index (κ1) is 28.4. The van der Waals surface area contributed by atoms with Crippen LogP contribution in [-0.4, -0.2) is 54.7 Å². The summed E-state index contributed by atoms with van der Waals surface area (Å²) in [5, 5.41) is 5.26. The van der Waals surface area contributed by atoms with Gasteiger partial charge in [0.2, 0.25) is 11.8 Å². The summed E-state index contributed by atoms with van der Waals surface area (Å²) in [6, 6.07) is 3.93. The summed E-state index contributed by atoms with van der Waals surface area (Å²) < 4.78 is 10.1.